The van der Waals surface area contributed by atoms with Gasteiger partial charge in [-0.15, -0.1) is 0 Å². The lowest BCUT2D eigenvalue weighted by Gasteiger charge is -2.39. The van der Waals surface area contributed by atoms with E-state index in [-0.39, 0.29) is 29.5 Å². The van der Waals surface area contributed by atoms with Crippen molar-refractivity contribution in [3.63, 3.8) is 0 Å². The number of amides is 1. The van der Waals surface area contributed by atoms with Crippen molar-refractivity contribution < 1.29 is 18.0 Å². The summed E-state index contributed by atoms with van der Waals surface area (Å²) in [7, 11) is 0. The van der Waals surface area contributed by atoms with Crippen molar-refractivity contribution in [2.45, 2.75) is 44.1 Å². The SMILES string of the molecule is N#CCC1(n2cc(C(N)=O)c(Nc3ccc(F)cc3)n2)CCC(Cc2ccc(F)c(F)c2)CC1. The van der Waals surface area contributed by atoms with Crippen molar-refractivity contribution in [2.75, 3.05) is 5.32 Å². The lowest BCUT2D eigenvalue weighted by molar-refractivity contribution is 0.1000. The van der Waals surface area contributed by atoms with Gasteiger partial charge in [0.2, 0.25) is 0 Å². The Hall–Kier alpha value is -3.80. The molecule has 1 fully saturated rings. The molecule has 0 radical (unpaired) electrons. The third-order valence-corrected chi connectivity index (χ3v) is 6.53. The number of nitrogens with two attached hydrogens (primary N) is 1. The second-order valence-electron chi connectivity index (χ2n) is 8.79. The van der Waals surface area contributed by atoms with Crippen LogP contribution in [0.1, 0.15) is 48.0 Å². The first kappa shape index (κ1) is 23.4. The summed E-state index contributed by atoms with van der Waals surface area (Å²) in [5, 5.41) is 17.1. The van der Waals surface area contributed by atoms with E-state index in [1.165, 1.54) is 30.3 Å². The minimum absolute atomic E-state index is 0.172. The fraction of sp³-hybridized carbons (Fsp3) is 0.320. The molecule has 3 aromatic rings. The van der Waals surface area contributed by atoms with E-state index in [4.69, 9.17) is 5.73 Å². The summed E-state index contributed by atoms with van der Waals surface area (Å²) in [5.41, 5.74) is 6.40. The summed E-state index contributed by atoms with van der Waals surface area (Å²) in [6.07, 6.45) is 5.14. The number of nitriles is 1. The number of aromatic nitrogens is 2. The van der Waals surface area contributed by atoms with E-state index in [9.17, 15) is 23.2 Å². The Kier molecular flexibility index (Phi) is 6.59. The molecule has 1 aliphatic rings. The van der Waals surface area contributed by atoms with Gasteiger partial charge in [0.1, 0.15) is 11.4 Å². The Labute approximate surface area is 195 Å². The second kappa shape index (κ2) is 9.59. The first-order chi connectivity index (χ1) is 16.3. The molecule has 34 heavy (non-hydrogen) atoms. The molecule has 0 atom stereocenters. The van der Waals surface area contributed by atoms with Gasteiger partial charge in [-0.05, 0) is 80.0 Å². The average molecular weight is 467 g/mol. The van der Waals surface area contributed by atoms with E-state index in [1.54, 1.807) is 16.9 Å². The Morgan fingerprint density at radius 2 is 1.85 bits per heavy atom. The molecule has 9 heteroatoms. The molecular weight excluding hydrogens is 443 g/mol. The van der Waals surface area contributed by atoms with Crippen molar-refractivity contribution in [3.8, 4) is 6.07 Å². The molecule has 1 aliphatic carbocycles. The smallest absolute Gasteiger partial charge is 0.254 e. The van der Waals surface area contributed by atoms with Crippen LogP contribution in [0, 0.1) is 34.7 Å². The number of carbonyl (C=O) groups excluding carboxylic acids is 1. The van der Waals surface area contributed by atoms with Crippen molar-refractivity contribution in [3.05, 3.63) is 77.2 Å². The molecule has 1 aromatic heterocycles. The van der Waals surface area contributed by atoms with Gasteiger partial charge in [-0.3, -0.25) is 9.48 Å². The number of hydrogen-bond acceptors (Lipinski definition) is 4. The van der Waals surface area contributed by atoms with Crippen LogP contribution < -0.4 is 11.1 Å². The number of nitrogens with one attached hydrogen (secondary N) is 1. The van der Waals surface area contributed by atoms with E-state index >= 15 is 0 Å². The minimum atomic E-state index is -0.866. The molecule has 3 N–H and O–H groups in total. The molecule has 176 valence electrons. The first-order valence-corrected chi connectivity index (χ1v) is 11.0. The maximum absolute atomic E-state index is 13.6. The Morgan fingerprint density at radius 1 is 1.15 bits per heavy atom. The maximum atomic E-state index is 13.6. The van der Waals surface area contributed by atoms with Gasteiger partial charge in [-0.1, -0.05) is 6.07 Å². The van der Waals surface area contributed by atoms with Crippen molar-refractivity contribution in [1.82, 2.24) is 9.78 Å². The quantitative estimate of drug-likeness (QED) is 0.500. The molecule has 4 rings (SSSR count). The number of carbonyl (C=O) groups is 1. The summed E-state index contributed by atoms with van der Waals surface area (Å²) in [6, 6.07) is 11.8. The van der Waals surface area contributed by atoms with Crippen LogP contribution in [0.3, 0.4) is 0 Å². The lowest BCUT2D eigenvalue weighted by Crippen LogP contribution is -2.38. The number of nitrogens with zero attached hydrogens (tertiary/aromatic N) is 3. The highest BCUT2D eigenvalue weighted by molar-refractivity contribution is 5.98. The summed E-state index contributed by atoms with van der Waals surface area (Å²) in [4.78, 5) is 12.1. The number of hydrogen-bond donors (Lipinski definition) is 2. The highest BCUT2D eigenvalue weighted by Crippen LogP contribution is 2.42. The van der Waals surface area contributed by atoms with E-state index in [0.717, 1.165) is 24.5 Å². The van der Waals surface area contributed by atoms with Gasteiger partial charge in [-0.25, -0.2) is 13.2 Å². The van der Waals surface area contributed by atoms with Crippen molar-refractivity contribution in [2.24, 2.45) is 11.7 Å². The van der Waals surface area contributed by atoms with Gasteiger partial charge in [0, 0.05) is 11.9 Å². The highest BCUT2D eigenvalue weighted by Gasteiger charge is 2.38. The van der Waals surface area contributed by atoms with Gasteiger partial charge < -0.3 is 11.1 Å². The fourth-order valence-corrected chi connectivity index (χ4v) is 4.61. The number of halogens is 3. The second-order valence-corrected chi connectivity index (χ2v) is 8.79. The predicted molar refractivity (Wildman–Crippen MR) is 121 cm³/mol. The van der Waals surface area contributed by atoms with Crippen LogP contribution in [0.2, 0.25) is 0 Å². The van der Waals surface area contributed by atoms with Crippen LogP contribution >= 0.6 is 0 Å². The largest absolute Gasteiger partial charge is 0.365 e. The molecule has 1 saturated carbocycles. The molecule has 6 nitrogen and oxygen atoms in total. The molecule has 0 saturated heterocycles. The fourth-order valence-electron chi connectivity index (χ4n) is 4.61. The van der Waals surface area contributed by atoms with Gasteiger partial charge in [-0.2, -0.15) is 10.4 Å². The Balaban J connectivity index is 1.54. The van der Waals surface area contributed by atoms with Crippen LogP contribution in [0.4, 0.5) is 24.7 Å². The van der Waals surface area contributed by atoms with Gasteiger partial charge in [0.25, 0.3) is 5.91 Å². The maximum Gasteiger partial charge on any atom is 0.254 e. The average Bonchev–Trinajstić information content (AvgIpc) is 3.24. The number of benzene rings is 2. The minimum Gasteiger partial charge on any atom is -0.365 e. The molecule has 1 amide bonds. The molecule has 0 unspecified atom stereocenters. The highest BCUT2D eigenvalue weighted by atomic mass is 19.2. The van der Waals surface area contributed by atoms with Crippen LogP contribution in [-0.4, -0.2) is 15.7 Å². The molecule has 1 heterocycles. The Bertz CT molecular complexity index is 1220. The third kappa shape index (κ3) is 4.91. The normalized spacial score (nSPS) is 20.0. The first-order valence-electron chi connectivity index (χ1n) is 11.0. The molecule has 0 aliphatic heterocycles. The number of anilines is 2. The zero-order chi connectivity index (χ0) is 24.3. The lowest BCUT2D eigenvalue weighted by atomic mass is 9.73. The van der Waals surface area contributed by atoms with Gasteiger partial charge >= 0.3 is 0 Å². The topological polar surface area (TPSA) is 96.7 Å². The summed E-state index contributed by atoms with van der Waals surface area (Å²) in [6.45, 7) is 0. The van der Waals surface area contributed by atoms with E-state index in [2.05, 4.69) is 16.5 Å². The number of rotatable bonds is 7. The number of primary amides is 1. The zero-order valence-electron chi connectivity index (χ0n) is 18.4. The van der Waals surface area contributed by atoms with Crippen LogP contribution in [0.15, 0.2) is 48.7 Å². The molecule has 2 aromatic carbocycles. The predicted octanol–water partition coefficient (Wildman–Crippen LogP) is 5.18. The van der Waals surface area contributed by atoms with Gasteiger partial charge in [0.05, 0.1) is 18.0 Å². The summed E-state index contributed by atoms with van der Waals surface area (Å²) >= 11 is 0. The van der Waals surface area contributed by atoms with E-state index in [1.807, 2.05) is 0 Å². The van der Waals surface area contributed by atoms with Crippen LogP contribution in [0.25, 0.3) is 0 Å². The summed E-state index contributed by atoms with van der Waals surface area (Å²) < 4.78 is 41.7. The standard InChI is InChI=1S/C25H24F3N5O/c26-18-2-4-19(5-3-18)31-24-20(23(30)34)15-33(32-24)25(11-12-29)9-7-16(8-10-25)13-17-1-6-21(27)22(28)14-17/h1-6,14-16H,7-11,13H2,(H2,30,34)(H,31,32). The van der Waals surface area contributed by atoms with Crippen molar-refractivity contribution in [1.29, 1.82) is 5.26 Å². The van der Waals surface area contributed by atoms with Crippen LogP contribution in [0.5, 0.6) is 0 Å². The monoisotopic (exact) mass is 467 g/mol. The molecule has 0 bridgehead atoms. The van der Waals surface area contributed by atoms with Gasteiger partial charge in [0.15, 0.2) is 17.5 Å². The Morgan fingerprint density at radius 3 is 2.47 bits per heavy atom. The van der Waals surface area contributed by atoms with E-state index in [0.29, 0.717) is 24.9 Å². The molecule has 0 spiro atoms. The molecular formula is C25H24F3N5O. The van der Waals surface area contributed by atoms with E-state index < -0.39 is 23.1 Å². The van der Waals surface area contributed by atoms with Crippen LogP contribution in [-0.2, 0) is 12.0 Å². The summed E-state index contributed by atoms with van der Waals surface area (Å²) in [5.74, 6) is -2.30. The third-order valence-electron chi connectivity index (χ3n) is 6.53. The van der Waals surface area contributed by atoms with Crippen molar-refractivity contribution >= 4 is 17.4 Å². The zero-order valence-corrected chi connectivity index (χ0v) is 18.4.